The van der Waals surface area contributed by atoms with Crippen molar-refractivity contribution in [2.75, 3.05) is 16.8 Å². The lowest BCUT2D eigenvalue weighted by Crippen LogP contribution is -2.48. The van der Waals surface area contributed by atoms with Crippen molar-refractivity contribution in [1.29, 1.82) is 0 Å². The van der Waals surface area contributed by atoms with Crippen LogP contribution in [0.5, 0.6) is 0 Å². The molecule has 2 aliphatic heterocycles. The Labute approximate surface area is 171 Å². The molecular formula is C20H17ClN2O4S. The number of ether oxygens (including phenoxy) is 1. The number of carbonyl (C=O) groups excluding carboxylic acids is 3. The van der Waals surface area contributed by atoms with Gasteiger partial charge in [-0.3, -0.25) is 14.5 Å². The van der Waals surface area contributed by atoms with Crippen LogP contribution in [0.2, 0.25) is 5.02 Å². The van der Waals surface area contributed by atoms with Crippen LogP contribution >= 0.6 is 23.4 Å². The van der Waals surface area contributed by atoms with Crippen molar-refractivity contribution in [3.63, 3.8) is 0 Å². The van der Waals surface area contributed by atoms with Crippen LogP contribution in [0.15, 0.2) is 47.4 Å². The van der Waals surface area contributed by atoms with E-state index in [1.54, 1.807) is 25.1 Å². The fraction of sp³-hybridized carbons (Fsp3) is 0.250. The molecule has 1 fully saturated rings. The number of nitrogens with one attached hydrogen (secondary N) is 1. The molecule has 2 heterocycles. The zero-order valence-electron chi connectivity index (χ0n) is 15.0. The molecule has 144 valence electrons. The molecule has 0 radical (unpaired) electrons. The summed E-state index contributed by atoms with van der Waals surface area (Å²) in [7, 11) is 0. The molecule has 0 unspecified atom stereocenters. The lowest BCUT2D eigenvalue weighted by atomic mass is 10.2. The van der Waals surface area contributed by atoms with E-state index in [1.807, 2.05) is 24.3 Å². The summed E-state index contributed by atoms with van der Waals surface area (Å²) in [5.41, 5.74) is 2.01. The minimum atomic E-state index is -1.13. The maximum atomic E-state index is 12.9. The highest BCUT2D eigenvalue weighted by Crippen LogP contribution is 2.56. The molecule has 0 saturated carbocycles. The number of anilines is 2. The van der Waals surface area contributed by atoms with E-state index in [4.69, 9.17) is 16.3 Å². The van der Waals surface area contributed by atoms with E-state index in [0.29, 0.717) is 22.8 Å². The van der Waals surface area contributed by atoms with E-state index in [9.17, 15) is 14.4 Å². The molecule has 0 aromatic heterocycles. The van der Waals surface area contributed by atoms with Crippen molar-refractivity contribution in [3.05, 3.63) is 53.1 Å². The van der Waals surface area contributed by atoms with Crippen LogP contribution in [-0.4, -0.2) is 29.3 Å². The highest BCUT2D eigenvalue weighted by atomic mass is 35.5. The average Bonchev–Trinajstić information content (AvgIpc) is 3.19. The van der Waals surface area contributed by atoms with E-state index >= 15 is 0 Å². The van der Waals surface area contributed by atoms with Crippen LogP contribution in [0.4, 0.5) is 11.4 Å². The van der Waals surface area contributed by atoms with Crippen molar-refractivity contribution >= 4 is 52.5 Å². The lowest BCUT2D eigenvalue weighted by Gasteiger charge is -2.28. The Balaban J connectivity index is 1.46. The number of benzene rings is 2. The lowest BCUT2D eigenvalue weighted by molar-refractivity contribution is -0.149. The normalized spacial score (nSPS) is 19.9. The van der Waals surface area contributed by atoms with Gasteiger partial charge in [0.15, 0.2) is 11.5 Å². The van der Waals surface area contributed by atoms with Crippen LogP contribution in [0.25, 0.3) is 0 Å². The predicted octanol–water partition coefficient (Wildman–Crippen LogP) is 3.76. The van der Waals surface area contributed by atoms with E-state index in [0.717, 1.165) is 10.5 Å². The number of esters is 1. The standard InChI is InChI=1S/C20H17ClN2O4S/c1-12-13(21)5-4-6-14(12)22-17(24)11-27-19(26)20-10-9-18(25)23(20)15-7-2-3-8-16(15)28-20/h2-8H,9-11H2,1H3,(H,22,24)/t20-/m0/s1. The Hall–Kier alpha value is -2.51. The third kappa shape index (κ3) is 3.04. The Bertz CT molecular complexity index is 996. The largest absolute Gasteiger partial charge is 0.453 e. The minimum absolute atomic E-state index is 0.117. The van der Waals surface area contributed by atoms with Crippen molar-refractivity contribution < 1.29 is 19.1 Å². The maximum absolute atomic E-state index is 12.9. The second-order valence-electron chi connectivity index (χ2n) is 6.62. The van der Waals surface area contributed by atoms with E-state index < -0.39 is 23.4 Å². The summed E-state index contributed by atoms with van der Waals surface area (Å²) in [6.07, 6.45) is 0.614. The summed E-state index contributed by atoms with van der Waals surface area (Å²) in [4.78, 5) is 38.8. The summed E-state index contributed by atoms with van der Waals surface area (Å²) >= 11 is 7.36. The fourth-order valence-electron chi connectivity index (χ4n) is 3.45. The van der Waals surface area contributed by atoms with Gasteiger partial charge in [-0.1, -0.05) is 41.6 Å². The highest BCUT2D eigenvalue weighted by molar-refractivity contribution is 8.02. The van der Waals surface area contributed by atoms with Gasteiger partial charge in [0.05, 0.1) is 5.69 Å². The topological polar surface area (TPSA) is 75.7 Å². The van der Waals surface area contributed by atoms with Crippen molar-refractivity contribution in [1.82, 2.24) is 0 Å². The third-order valence-electron chi connectivity index (χ3n) is 4.87. The molecule has 6 nitrogen and oxygen atoms in total. The molecule has 1 N–H and O–H groups in total. The summed E-state index contributed by atoms with van der Waals surface area (Å²) in [6.45, 7) is 1.35. The number of hydrogen-bond acceptors (Lipinski definition) is 5. The molecule has 2 aromatic rings. The van der Waals surface area contributed by atoms with Gasteiger partial charge in [-0.05, 0) is 36.8 Å². The first-order valence-electron chi connectivity index (χ1n) is 8.76. The summed E-state index contributed by atoms with van der Waals surface area (Å²) in [6, 6.07) is 12.5. The average molecular weight is 417 g/mol. The second-order valence-corrected chi connectivity index (χ2v) is 8.35. The first-order valence-corrected chi connectivity index (χ1v) is 9.95. The number of hydrogen-bond donors (Lipinski definition) is 1. The molecule has 2 amide bonds. The number of fused-ring (bicyclic) bond motifs is 3. The predicted molar refractivity (Wildman–Crippen MR) is 108 cm³/mol. The van der Waals surface area contributed by atoms with Crippen molar-refractivity contribution in [2.24, 2.45) is 0 Å². The van der Waals surface area contributed by atoms with Gasteiger partial charge >= 0.3 is 5.97 Å². The van der Waals surface area contributed by atoms with Gasteiger partial charge in [-0.2, -0.15) is 0 Å². The van der Waals surface area contributed by atoms with Crippen molar-refractivity contribution in [3.8, 4) is 0 Å². The Morgan fingerprint density at radius 3 is 2.86 bits per heavy atom. The van der Waals surface area contributed by atoms with Gasteiger partial charge in [-0.15, -0.1) is 0 Å². The van der Waals surface area contributed by atoms with Crippen molar-refractivity contribution in [2.45, 2.75) is 29.5 Å². The second kappa shape index (κ2) is 7.14. The molecule has 1 atom stereocenters. The highest BCUT2D eigenvalue weighted by Gasteiger charge is 2.58. The van der Waals surface area contributed by atoms with Crippen LogP contribution in [0.3, 0.4) is 0 Å². The number of rotatable bonds is 4. The Morgan fingerprint density at radius 2 is 2.04 bits per heavy atom. The van der Waals surface area contributed by atoms with Crippen LogP contribution in [0, 0.1) is 6.92 Å². The molecule has 2 aliphatic rings. The smallest absolute Gasteiger partial charge is 0.344 e. The quantitative estimate of drug-likeness (QED) is 0.768. The maximum Gasteiger partial charge on any atom is 0.344 e. The zero-order valence-corrected chi connectivity index (χ0v) is 16.6. The van der Waals surface area contributed by atoms with E-state index in [1.165, 1.54) is 16.7 Å². The Morgan fingerprint density at radius 1 is 1.25 bits per heavy atom. The molecule has 0 aliphatic carbocycles. The minimum Gasteiger partial charge on any atom is -0.453 e. The van der Waals surface area contributed by atoms with Gasteiger partial charge in [0.1, 0.15) is 0 Å². The van der Waals surface area contributed by atoms with E-state index in [2.05, 4.69) is 5.32 Å². The van der Waals surface area contributed by atoms with Gasteiger partial charge < -0.3 is 10.1 Å². The first-order chi connectivity index (χ1) is 13.4. The number of carbonyl (C=O) groups is 3. The van der Waals surface area contributed by atoms with Gasteiger partial charge in [0.2, 0.25) is 5.91 Å². The monoisotopic (exact) mass is 416 g/mol. The number of thioether (sulfide) groups is 1. The van der Waals surface area contributed by atoms with Crippen LogP contribution in [0.1, 0.15) is 18.4 Å². The molecule has 4 rings (SSSR count). The molecule has 2 aromatic carbocycles. The van der Waals surface area contributed by atoms with E-state index in [-0.39, 0.29) is 12.3 Å². The molecule has 0 bridgehead atoms. The zero-order chi connectivity index (χ0) is 19.9. The van der Waals surface area contributed by atoms with Gasteiger partial charge in [0, 0.05) is 28.4 Å². The SMILES string of the molecule is Cc1c(Cl)cccc1NC(=O)COC(=O)[C@@]12CCC(=O)N1c1ccccc1S2. The number of para-hydroxylation sites is 1. The molecular weight excluding hydrogens is 400 g/mol. The van der Waals surface area contributed by atoms with Crippen LogP contribution in [-0.2, 0) is 19.1 Å². The Kier molecular flexibility index (Phi) is 4.81. The third-order valence-corrected chi connectivity index (χ3v) is 6.73. The molecule has 1 saturated heterocycles. The summed E-state index contributed by atoms with van der Waals surface area (Å²) in [5.74, 6) is -1.17. The van der Waals surface area contributed by atoms with Crippen LogP contribution < -0.4 is 10.2 Å². The number of halogens is 1. The molecule has 28 heavy (non-hydrogen) atoms. The number of nitrogens with zero attached hydrogens (tertiary/aromatic N) is 1. The van der Waals surface area contributed by atoms with Gasteiger partial charge in [0.25, 0.3) is 5.91 Å². The number of amides is 2. The summed E-state index contributed by atoms with van der Waals surface area (Å²) in [5, 5.41) is 3.23. The summed E-state index contributed by atoms with van der Waals surface area (Å²) < 4.78 is 5.32. The first kappa shape index (κ1) is 18.8. The fourth-order valence-corrected chi connectivity index (χ4v) is 5.03. The molecule has 0 spiro atoms. The molecule has 8 heteroatoms. The van der Waals surface area contributed by atoms with Gasteiger partial charge in [-0.25, -0.2) is 4.79 Å².